The number of thiophene rings is 1. The van der Waals surface area contributed by atoms with Gasteiger partial charge in [-0.1, -0.05) is 54.1 Å². The Labute approximate surface area is 219 Å². The Balaban J connectivity index is 1.59. The number of hydrogen-bond donors (Lipinski definition) is 1. The van der Waals surface area contributed by atoms with Crippen molar-refractivity contribution in [1.82, 2.24) is 5.43 Å². The van der Waals surface area contributed by atoms with Gasteiger partial charge in [-0.05, 0) is 72.8 Å². The normalized spacial score (nSPS) is 11.8. The van der Waals surface area contributed by atoms with Gasteiger partial charge in [0, 0.05) is 15.5 Å². The largest absolute Gasteiger partial charge is 0.271 e. The third-order valence-corrected chi connectivity index (χ3v) is 8.50. The zero-order valence-corrected chi connectivity index (χ0v) is 22.1. The van der Waals surface area contributed by atoms with Gasteiger partial charge in [-0.2, -0.15) is 5.10 Å². The van der Waals surface area contributed by atoms with Crippen LogP contribution in [0.1, 0.15) is 33.3 Å². The van der Waals surface area contributed by atoms with E-state index in [9.17, 15) is 13.2 Å². The molecule has 6 nitrogen and oxygen atoms in total. The third-order valence-electron chi connectivity index (χ3n) is 5.52. The fourth-order valence-corrected chi connectivity index (χ4v) is 5.91. The molecule has 0 aliphatic heterocycles. The van der Waals surface area contributed by atoms with Crippen LogP contribution in [0.25, 0.3) is 0 Å². The van der Waals surface area contributed by atoms with E-state index in [1.165, 1.54) is 4.31 Å². The first-order chi connectivity index (χ1) is 17.3. The summed E-state index contributed by atoms with van der Waals surface area (Å²) in [6, 6.07) is 24.1. The summed E-state index contributed by atoms with van der Waals surface area (Å²) in [6.45, 7) is 3.73. The van der Waals surface area contributed by atoms with E-state index in [0.29, 0.717) is 27.5 Å². The van der Waals surface area contributed by atoms with Gasteiger partial charge in [0.2, 0.25) is 0 Å². The standard InChI is InChI=1S/C27H24ClN3O3S2/c1-19-10-15-23(28)17-25(19)31(36(33,34)24-7-4-3-5-8-24)18-21-11-13-22(14-12-21)27(32)30-29-20(2)26-9-6-16-35-26/h3-17H,18H2,1-2H3,(H,30,32)/b29-20-. The van der Waals surface area contributed by atoms with Gasteiger partial charge in [-0.25, -0.2) is 13.8 Å². The summed E-state index contributed by atoms with van der Waals surface area (Å²) < 4.78 is 28.6. The highest BCUT2D eigenvalue weighted by Gasteiger charge is 2.26. The molecule has 0 aliphatic carbocycles. The van der Waals surface area contributed by atoms with Crippen LogP contribution in [-0.4, -0.2) is 20.0 Å². The molecule has 1 heterocycles. The second kappa shape index (κ2) is 11.1. The second-order valence-corrected chi connectivity index (χ2v) is 11.3. The molecule has 0 fully saturated rings. The number of aryl methyl sites for hydroxylation is 1. The van der Waals surface area contributed by atoms with E-state index in [4.69, 9.17) is 11.6 Å². The first kappa shape index (κ1) is 25.6. The maximum absolute atomic E-state index is 13.6. The van der Waals surface area contributed by atoms with Crippen molar-refractivity contribution in [2.24, 2.45) is 5.10 Å². The van der Waals surface area contributed by atoms with Crippen LogP contribution in [0, 0.1) is 6.92 Å². The predicted molar refractivity (Wildman–Crippen MR) is 146 cm³/mol. The molecule has 0 unspecified atom stereocenters. The number of carbonyl (C=O) groups excluding carboxylic acids is 1. The summed E-state index contributed by atoms with van der Waals surface area (Å²) in [4.78, 5) is 13.7. The number of rotatable bonds is 8. The van der Waals surface area contributed by atoms with E-state index in [2.05, 4.69) is 10.5 Å². The molecule has 0 atom stereocenters. The van der Waals surface area contributed by atoms with Crippen LogP contribution in [0.5, 0.6) is 0 Å². The molecule has 9 heteroatoms. The summed E-state index contributed by atoms with van der Waals surface area (Å²) in [5, 5.41) is 6.55. The Hall–Kier alpha value is -3.46. The average molecular weight is 538 g/mol. The first-order valence-electron chi connectivity index (χ1n) is 11.1. The second-order valence-electron chi connectivity index (χ2n) is 8.07. The number of benzene rings is 3. The summed E-state index contributed by atoms with van der Waals surface area (Å²) in [5.41, 5.74) is 5.67. The number of sulfonamides is 1. The minimum atomic E-state index is -3.88. The molecule has 4 rings (SSSR count). The molecule has 1 aromatic heterocycles. The zero-order valence-electron chi connectivity index (χ0n) is 19.7. The molecule has 0 spiro atoms. The van der Waals surface area contributed by atoms with E-state index in [0.717, 1.165) is 10.4 Å². The van der Waals surface area contributed by atoms with Gasteiger partial charge >= 0.3 is 0 Å². The zero-order chi connectivity index (χ0) is 25.7. The molecule has 1 amide bonds. The summed E-state index contributed by atoms with van der Waals surface area (Å²) in [5.74, 6) is -0.350. The maximum atomic E-state index is 13.6. The van der Waals surface area contributed by atoms with Crippen LogP contribution in [0.2, 0.25) is 5.02 Å². The molecule has 36 heavy (non-hydrogen) atoms. The van der Waals surface area contributed by atoms with Crippen molar-refractivity contribution < 1.29 is 13.2 Å². The molecule has 0 saturated carbocycles. The van der Waals surface area contributed by atoms with Gasteiger partial charge in [0.25, 0.3) is 15.9 Å². The molecule has 4 aromatic rings. The molecule has 184 valence electrons. The van der Waals surface area contributed by atoms with Crippen molar-refractivity contribution in [3.8, 4) is 0 Å². The van der Waals surface area contributed by atoms with E-state index >= 15 is 0 Å². The molecule has 0 aliphatic rings. The van der Waals surface area contributed by atoms with Crippen LogP contribution in [0.3, 0.4) is 0 Å². The SMILES string of the molecule is C/C(=N/NC(=O)c1ccc(CN(c2cc(Cl)ccc2C)S(=O)(=O)c2ccccc2)cc1)c1cccs1. The van der Waals surface area contributed by atoms with Gasteiger partial charge in [-0.15, -0.1) is 11.3 Å². The number of hydrogen-bond acceptors (Lipinski definition) is 5. The fraction of sp³-hybridized carbons (Fsp3) is 0.111. The van der Waals surface area contributed by atoms with Gasteiger partial charge in [0.15, 0.2) is 0 Å². The van der Waals surface area contributed by atoms with Crippen LogP contribution < -0.4 is 9.73 Å². The van der Waals surface area contributed by atoms with Crippen LogP contribution >= 0.6 is 22.9 Å². The van der Waals surface area contributed by atoms with Gasteiger partial charge in [0.05, 0.1) is 22.8 Å². The Bertz CT molecular complexity index is 1490. The van der Waals surface area contributed by atoms with Crippen molar-refractivity contribution in [3.05, 3.63) is 117 Å². The predicted octanol–water partition coefficient (Wildman–Crippen LogP) is 6.26. The summed E-state index contributed by atoms with van der Waals surface area (Å²) in [6.07, 6.45) is 0. The molecule has 3 aromatic carbocycles. The van der Waals surface area contributed by atoms with Crippen LogP contribution in [0.4, 0.5) is 5.69 Å². The fourth-order valence-electron chi connectivity index (χ4n) is 3.54. The van der Waals surface area contributed by atoms with E-state index in [1.807, 2.05) is 31.4 Å². The van der Waals surface area contributed by atoms with Crippen LogP contribution in [0.15, 0.2) is 100 Å². The van der Waals surface area contributed by atoms with Crippen molar-refractivity contribution in [2.45, 2.75) is 25.3 Å². The number of anilines is 1. The lowest BCUT2D eigenvalue weighted by molar-refractivity contribution is 0.0955. The highest BCUT2D eigenvalue weighted by molar-refractivity contribution is 7.92. The molecule has 0 radical (unpaired) electrons. The molecule has 0 saturated heterocycles. The lowest BCUT2D eigenvalue weighted by atomic mass is 10.1. The highest BCUT2D eigenvalue weighted by atomic mass is 35.5. The van der Waals surface area contributed by atoms with Crippen molar-refractivity contribution in [3.63, 3.8) is 0 Å². The summed E-state index contributed by atoms with van der Waals surface area (Å²) >= 11 is 7.77. The molecule has 1 N–H and O–H groups in total. The molecular formula is C27H24ClN3O3S2. The van der Waals surface area contributed by atoms with Crippen molar-refractivity contribution >= 4 is 50.3 Å². The first-order valence-corrected chi connectivity index (χ1v) is 13.8. The van der Waals surface area contributed by atoms with E-state index in [-0.39, 0.29) is 17.3 Å². The molecular weight excluding hydrogens is 514 g/mol. The Morgan fingerprint density at radius 3 is 2.39 bits per heavy atom. The number of nitrogens with one attached hydrogen (secondary N) is 1. The minimum Gasteiger partial charge on any atom is -0.267 e. The number of nitrogens with zero attached hydrogens (tertiary/aromatic N) is 2. The summed E-state index contributed by atoms with van der Waals surface area (Å²) in [7, 11) is -3.88. The molecule has 0 bridgehead atoms. The van der Waals surface area contributed by atoms with Crippen molar-refractivity contribution in [1.29, 1.82) is 0 Å². The highest BCUT2D eigenvalue weighted by Crippen LogP contribution is 2.31. The monoisotopic (exact) mass is 537 g/mol. The number of amides is 1. The lowest BCUT2D eigenvalue weighted by Crippen LogP contribution is -2.31. The van der Waals surface area contributed by atoms with Crippen LogP contribution in [-0.2, 0) is 16.6 Å². The van der Waals surface area contributed by atoms with E-state index < -0.39 is 10.0 Å². The van der Waals surface area contributed by atoms with Gasteiger partial charge in [0.1, 0.15) is 0 Å². The number of carbonyl (C=O) groups is 1. The number of halogens is 1. The van der Waals surface area contributed by atoms with Crippen molar-refractivity contribution in [2.75, 3.05) is 4.31 Å². The Morgan fingerprint density at radius 1 is 1.00 bits per heavy atom. The smallest absolute Gasteiger partial charge is 0.267 e. The van der Waals surface area contributed by atoms with E-state index in [1.54, 1.807) is 84.1 Å². The lowest BCUT2D eigenvalue weighted by Gasteiger charge is -2.26. The minimum absolute atomic E-state index is 0.0654. The Kier molecular flexibility index (Phi) is 7.88. The quantitative estimate of drug-likeness (QED) is 0.213. The number of hydrazone groups is 1. The van der Waals surface area contributed by atoms with Gasteiger partial charge < -0.3 is 0 Å². The third kappa shape index (κ3) is 5.84. The average Bonchev–Trinajstić information content (AvgIpc) is 3.43. The maximum Gasteiger partial charge on any atom is 0.271 e. The van der Waals surface area contributed by atoms with Gasteiger partial charge in [-0.3, -0.25) is 9.10 Å². The topological polar surface area (TPSA) is 78.8 Å². The Morgan fingerprint density at radius 2 is 1.72 bits per heavy atom.